The molecule has 1 aliphatic heterocycles. The number of nitrogens with zero attached hydrogens (tertiary/aromatic N) is 2. The minimum absolute atomic E-state index is 0.0866. The number of ether oxygens (including phenoxy) is 1. The lowest BCUT2D eigenvalue weighted by Crippen LogP contribution is -2.29. The van der Waals surface area contributed by atoms with E-state index in [2.05, 4.69) is 21.3 Å². The summed E-state index contributed by atoms with van der Waals surface area (Å²) in [5.74, 6) is -0.0866. The summed E-state index contributed by atoms with van der Waals surface area (Å²) < 4.78 is 5.81. The van der Waals surface area contributed by atoms with Crippen LogP contribution < -0.4 is 10.2 Å². The zero-order valence-electron chi connectivity index (χ0n) is 16.0. The third kappa shape index (κ3) is 4.41. The molecule has 1 N–H and O–H groups in total. The predicted molar refractivity (Wildman–Crippen MR) is 109 cm³/mol. The lowest BCUT2D eigenvalue weighted by Gasteiger charge is -2.30. The summed E-state index contributed by atoms with van der Waals surface area (Å²) in [6.07, 6.45) is 13.6. The molecule has 1 aliphatic carbocycles. The third-order valence-corrected chi connectivity index (χ3v) is 5.77. The Bertz CT molecular complexity index is 780. The van der Waals surface area contributed by atoms with Gasteiger partial charge in [0.2, 0.25) is 5.91 Å². The zero-order chi connectivity index (χ0) is 18.5. The fourth-order valence-electron chi connectivity index (χ4n) is 4.31. The number of amides is 1. The van der Waals surface area contributed by atoms with Crippen molar-refractivity contribution in [2.75, 3.05) is 29.9 Å². The van der Waals surface area contributed by atoms with E-state index in [0.717, 1.165) is 42.4 Å². The topological polar surface area (TPSA) is 54.5 Å². The van der Waals surface area contributed by atoms with E-state index in [1.54, 1.807) is 0 Å². The van der Waals surface area contributed by atoms with E-state index < -0.39 is 0 Å². The first-order valence-electron chi connectivity index (χ1n) is 10.3. The highest BCUT2D eigenvalue weighted by Gasteiger charge is 2.18. The molecule has 2 aromatic rings. The quantitative estimate of drug-likeness (QED) is 0.845. The van der Waals surface area contributed by atoms with Crippen LogP contribution in [0.25, 0.3) is 10.8 Å². The van der Waals surface area contributed by atoms with Gasteiger partial charge in [0.15, 0.2) is 0 Å². The minimum atomic E-state index is -0.0866. The molecule has 5 heteroatoms. The van der Waals surface area contributed by atoms with Crippen molar-refractivity contribution >= 4 is 28.1 Å². The summed E-state index contributed by atoms with van der Waals surface area (Å²) in [5, 5.41) is 5.18. The monoisotopic (exact) mass is 367 g/mol. The Morgan fingerprint density at radius 1 is 1.04 bits per heavy atom. The van der Waals surface area contributed by atoms with Crippen molar-refractivity contribution in [3.05, 3.63) is 30.6 Å². The van der Waals surface area contributed by atoms with E-state index in [1.165, 1.54) is 44.2 Å². The number of carbonyl (C=O) groups is 1. The first kappa shape index (κ1) is 18.2. The molecular formula is C22H29N3O2. The Kier molecular flexibility index (Phi) is 5.87. The van der Waals surface area contributed by atoms with Gasteiger partial charge in [-0.3, -0.25) is 9.78 Å². The molecule has 0 spiro atoms. The van der Waals surface area contributed by atoms with E-state index in [4.69, 9.17) is 4.74 Å². The van der Waals surface area contributed by atoms with E-state index in [0.29, 0.717) is 0 Å². The van der Waals surface area contributed by atoms with Gasteiger partial charge in [-0.05, 0) is 50.3 Å². The van der Waals surface area contributed by atoms with Crippen LogP contribution in [-0.4, -0.2) is 36.7 Å². The van der Waals surface area contributed by atoms with Crippen LogP contribution in [0.3, 0.4) is 0 Å². The fourth-order valence-corrected chi connectivity index (χ4v) is 4.31. The third-order valence-electron chi connectivity index (χ3n) is 5.77. The molecule has 1 saturated carbocycles. The standard InChI is InChI=1S/C22H29N3O2/c26-22(16-27-17-7-3-1-4-8-17)24-20-9-10-21(25-13-5-2-6-14-25)18-11-12-23-15-19(18)20/h9-12,15,17H,1-8,13-14,16H2,(H,24,26). The summed E-state index contributed by atoms with van der Waals surface area (Å²) in [5.41, 5.74) is 2.06. The molecule has 5 nitrogen and oxygen atoms in total. The van der Waals surface area contributed by atoms with Crippen molar-refractivity contribution < 1.29 is 9.53 Å². The van der Waals surface area contributed by atoms with Gasteiger partial charge in [-0.1, -0.05) is 19.3 Å². The van der Waals surface area contributed by atoms with E-state index in [9.17, 15) is 4.79 Å². The summed E-state index contributed by atoms with van der Waals surface area (Å²) in [6.45, 7) is 2.32. The van der Waals surface area contributed by atoms with Gasteiger partial charge in [0.25, 0.3) is 0 Å². The SMILES string of the molecule is O=C(COC1CCCCC1)Nc1ccc(N2CCCCC2)c2ccncc12. The molecule has 27 heavy (non-hydrogen) atoms. The average molecular weight is 367 g/mol. The lowest BCUT2D eigenvalue weighted by molar-refractivity contribution is -0.123. The molecule has 2 aliphatic rings. The second-order valence-corrected chi connectivity index (χ2v) is 7.72. The number of piperidine rings is 1. The van der Waals surface area contributed by atoms with Gasteiger partial charge in [0, 0.05) is 41.9 Å². The van der Waals surface area contributed by atoms with Gasteiger partial charge >= 0.3 is 0 Å². The van der Waals surface area contributed by atoms with Gasteiger partial charge in [0.1, 0.15) is 6.61 Å². The van der Waals surface area contributed by atoms with Crippen LogP contribution in [0.5, 0.6) is 0 Å². The number of benzene rings is 1. The lowest BCUT2D eigenvalue weighted by atomic mass is 9.98. The van der Waals surface area contributed by atoms with Gasteiger partial charge in [-0.15, -0.1) is 0 Å². The molecule has 0 unspecified atom stereocenters. The van der Waals surface area contributed by atoms with Crippen LogP contribution in [0.15, 0.2) is 30.6 Å². The molecule has 0 bridgehead atoms. The smallest absolute Gasteiger partial charge is 0.250 e. The summed E-state index contributed by atoms with van der Waals surface area (Å²) in [6, 6.07) is 6.19. The fraction of sp³-hybridized carbons (Fsp3) is 0.545. The molecule has 1 aromatic carbocycles. The zero-order valence-corrected chi connectivity index (χ0v) is 16.0. The summed E-state index contributed by atoms with van der Waals surface area (Å²) in [7, 11) is 0. The molecule has 1 aromatic heterocycles. The number of aromatic nitrogens is 1. The number of hydrogen-bond donors (Lipinski definition) is 1. The number of fused-ring (bicyclic) bond motifs is 1. The maximum absolute atomic E-state index is 12.4. The molecular weight excluding hydrogens is 338 g/mol. The summed E-state index contributed by atoms with van der Waals surface area (Å²) >= 11 is 0. The number of carbonyl (C=O) groups excluding carboxylic acids is 1. The Balaban J connectivity index is 1.47. The summed E-state index contributed by atoms with van der Waals surface area (Å²) in [4.78, 5) is 19.2. The van der Waals surface area contributed by atoms with Gasteiger partial charge in [-0.25, -0.2) is 0 Å². The number of anilines is 2. The van der Waals surface area contributed by atoms with Crippen molar-refractivity contribution in [1.82, 2.24) is 4.98 Å². The molecule has 2 heterocycles. The molecule has 144 valence electrons. The van der Waals surface area contributed by atoms with Crippen LogP contribution in [0.4, 0.5) is 11.4 Å². The average Bonchev–Trinajstić information content (AvgIpc) is 2.74. The number of hydrogen-bond acceptors (Lipinski definition) is 4. The molecule has 0 atom stereocenters. The van der Waals surface area contributed by atoms with Crippen molar-refractivity contribution in [3.63, 3.8) is 0 Å². The maximum Gasteiger partial charge on any atom is 0.250 e. The first-order chi connectivity index (χ1) is 13.3. The van der Waals surface area contributed by atoms with Crippen molar-refractivity contribution in [1.29, 1.82) is 0 Å². The maximum atomic E-state index is 12.4. The van der Waals surface area contributed by atoms with Crippen LogP contribution in [-0.2, 0) is 9.53 Å². The molecule has 4 rings (SSSR count). The van der Waals surface area contributed by atoms with Crippen LogP contribution in [0, 0.1) is 0 Å². The van der Waals surface area contributed by atoms with E-state index >= 15 is 0 Å². The van der Waals surface area contributed by atoms with Gasteiger partial charge in [-0.2, -0.15) is 0 Å². The predicted octanol–water partition coefficient (Wildman–Crippen LogP) is 4.51. The highest BCUT2D eigenvalue weighted by atomic mass is 16.5. The molecule has 2 fully saturated rings. The van der Waals surface area contributed by atoms with Gasteiger partial charge < -0.3 is 15.0 Å². The molecule has 1 amide bonds. The van der Waals surface area contributed by atoms with Gasteiger partial charge in [0.05, 0.1) is 11.8 Å². The number of nitrogens with one attached hydrogen (secondary N) is 1. The van der Waals surface area contributed by atoms with Crippen LogP contribution in [0.1, 0.15) is 51.4 Å². The van der Waals surface area contributed by atoms with Crippen molar-refractivity contribution in [3.8, 4) is 0 Å². The Hall–Kier alpha value is -2.14. The largest absolute Gasteiger partial charge is 0.371 e. The highest BCUT2D eigenvalue weighted by Crippen LogP contribution is 2.33. The second kappa shape index (κ2) is 8.70. The first-order valence-corrected chi connectivity index (χ1v) is 10.3. The normalized spacial score (nSPS) is 18.6. The Labute approximate surface area is 161 Å². The van der Waals surface area contributed by atoms with Crippen LogP contribution in [0.2, 0.25) is 0 Å². The van der Waals surface area contributed by atoms with Crippen molar-refractivity contribution in [2.24, 2.45) is 0 Å². The highest BCUT2D eigenvalue weighted by molar-refractivity contribution is 6.06. The van der Waals surface area contributed by atoms with E-state index in [-0.39, 0.29) is 18.6 Å². The van der Waals surface area contributed by atoms with Crippen LogP contribution >= 0.6 is 0 Å². The van der Waals surface area contributed by atoms with Crippen molar-refractivity contribution in [2.45, 2.75) is 57.5 Å². The Morgan fingerprint density at radius 3 is 2.63 bits per heavy atom. The minimum Gasteiger partial charge on any atom is -0.371 e. The number of rotatable bonds is 5. The number of pyridine rings is 1. The molecule has 0 radical (unpaired) electrons. The van der Waals surface area contributed by atoms with E-state index in [1.807, 2.05) is 24.5 Å². The second-order valence-electron chi connectivity index (χ2n) is 7.72. The molecule has 1 saturated heterocycles. The Morgan fingerprint density at radius 2 is 1.81 bits per heavy atom.